The highest BCUT2D eigenvalue weighted by atomic mass is 16.5. The Morgan fingerprint density at radius 1 is 0.580 bits per heavy atom. The summed E-state index contributed by atoms with van der Waals surface area (Å²) in [6.45, 7) is 28.1. The van der Waals surface area contributed by atoms with Crippen LogP contribution in [-0.4, -0.2) is 52.7 Å². The monoisotopic (exact) mass is 1080 g/mol. The Bertz CT molecular complexity index is 3520. The number of Topliss-reactive ketones (excluding diaryl/α,β-unsaturated/α-hetero) is 2. The molecule has 4 heterocycles. The zero-order valence-electron chi connectivity index (χ0n) is 47.6. The zero-order chi connectivity index (χ0) is 56.3. The maximum absolute atomic E-state index is 12.7. The number of carbonyl (C=O) groups excluding carboxylic acids is 2. The lowest BCUT2D eigenvalue weighted by Crippen LogP contribution is -2.52. The minimum absolute atomic E-state index is 0. The highest BCUT2D eigenvalue weighted by Crippen LogP contribution is 2.56. The third kappa shape index (κ3) is 10.4. The van der Waals surface area contributed by atoms with Crippen molar-refractivity contribution in [1.82, 2.24) is 35.1 Å². The summed E-state index contributed by atoms with van der Waals surface area (Å²) in [6, 6.07) is 29.7. The van der Waals surface area contributed by atoms with Crippen LogP contribution in [0.15, 0.2) is 132 Å². The normalized spacial score (nSPS) is 27.0. The van der Waals surface area contributed by atoms with Gasteiger partial charge in [-0.1, -0.05) is 166 Å². The van der Waals surface area contributed by atoms with Crippen molar-refractivity contribution >= 4 is 11.6 Å². The van der Waals surface area contributed by atoms with Crippen LogP contribution in [0.3, 0.4) is 0 Å². The molecule has 10 atom stereocenters. The second-order valence-corrected chi connectivity index (χ2v) is 23.0. The van der Waals surface area contributed by atoms with Gasteiger partial charge in [0.15, 0.2) is 23.3 Å². The molecule has 0 amide bonds. The van der Waals surface area contributed by atoms with Gasteiger partial charge in [-0.05, 0) is 98.7 Å². The first-order valence-corrected chi connectivity index (χ1v) is 28.1. The minimum Gasteiger partial charge on any atom is -0.361 e. The van der Waals surface area contributed by atoms with Crippen LogP contribution in [0, 0.1) is 42.7 Å². The van der Waals surface area contributed by atoms with Gasteiger partial charge in [0, 0.05) is 82.6 Å². The van der Waals surface area contributed by atoms with E-state index in [1.807, 2.05) is 110 Å². The van der Waals surface area contributed by atoms with Crippen molar-refractivity contribution in [1.29, 1.82) is 0 Å². The second-order valence-electron chi connectivity index (χ2n) is 23.0. The van der Waals surface area contributed by atoms with Gasteiger partial charge in [0.25, 0.3) is 6.04 Å². The van der Waals surface area contributed by atoms with E-state index in [2.05, 4.69) is 82.7 Å². The SMILES string of the molecule is C.C.CC[C@@H]1c2oncc2C[C@]2(C)c3nc(-c4ccccc4)ncc3CC[C@@H]12.[3H]C.[C-]#[N+]C1=C[C@]2(C)c3nc(-c4ccccc4)ncc3CC[C@H]2[C@H](CC)C1=O.[C-]#[N+]C1C[C@]2(C)c3nc(-c4ccccc4)ncc3CC[C@H]2[C@H](CC)C1=O. The largest absolute Gasteiger partial charge is 0.361 e. The van der Waals surface area contributed by atoms with E-state index in [4.69, 9.17) is 34.0 Å². The molecule has 1 fully saturated rings. The molecule has 6 aliphatic carbocycles. The molecule has 4 aromatic heterocycles. The van der Waals surface area contributed by atoms with Gasteiger partial charge in [-0.3, -0.25) is 4.79 Å². The van der Waals surface area contributed by atoms with Crippen molar-refractivity contribution in [3.05, 3.63) is 195 Å². The standard InChI is InChI=1S/2C22H23N3O.C22H21N3O.3CH4/c1-3-17-18-10-9-15-12-23-21(14-7-5-4-6-8-14)25-20(15)22(18,2)11-16-13-24-26-19(16)17;2*1-4-16-17-11-10-15-13-24-21(14-8-6-5-7-9-14)25-20(15)22(17,2)12-18(23-3)19(16)26;;;/h4-8,12-13,17-18H,3,9-11H2,1-2H3;5-9,13,16-18H,4,10-12H2,1-2H3;5-9,12-13,16-17H,4,10-11H2,1-2H3;3*1H4/t17-,18-,22-;16-,17-,18?,22-;16-,17-,22-;;;/m000.../s1/i;;;1T;;. The van der Waals surface area contributed by atoms with Gasteiger partial charge in [-0.15, -0.1) is 0 Å². The van der Waals surface area contributed by atoms with E-state index in [0.29, 0.717) is 24.1 Å². The molecule has 1 unspecified atom stereocenters. The number of rotatable bonds is 6. The number of hydrogen-bond acceptors (Lipinski definition) is 10. The van der Waals surface area contributed by atoms with Gasteiger partial charge in [0.05, 0.1) is 29.9 Å². The van der Waals surface area contributed by atoms with Crippen molar-refractivity contribution in [2.24, 2.45) is 29.6 Å². The first-order valence-electron chi connectivity index (χ1n) is 29.1. The Kier molecular flexibility index (Phi) is 17.2. The molecule has 0 bridgehead atoms. The first-order chi connectivity index (χ1) is 38.9. The number of hydrogen-bond donors (Lipinski definition) is 0. The van der Waals surface area contributed by atoms with Gasteiger partial charge in [0.1, 0.15) is 5.76 Å². The van der Waals surface area contributed by atoms with Crippen LogP contribution < -0.4 is 0 Å². The Morgan fingerprint density at radius 3 is 1.49 bits per heavy atom. The van der Waals surface area contributed by atoms with E-state index in [1.54, 1.807) is 0 Å². The second kappa shape index (κ2) is 24.1. The number of benzene rings is 3. The zero-order valence-corrected chi connectivity index (χ0v) is 46.6. The number of carbonyl (C=O) groups is 2. The van der Waals surface area contributed by atoms with E-state index in [-0.39, 0.29) is 66.6 Å². The smallest absolute Gasteiger partial charge is 0.282 e. The van der Waals surface area contributed by atoms with E-state index in [9.17, 15) is 9.59 Å². The average molecular weight is 1080 g/mol. The average Bonchev–Trinajstić information content (AvgIpc) is 4.07. The summed E-state index contributed by atoms with van der Waals surface area (Å²) in [7, 11) is 1.25. The summed E-state index contributed by atoms with van der Waals surface area (Å²) in [5, 5.41) is 4.10. The predicted molar refractivity (Wildman–Crippen MR) is 321 cm³/mol. The molecular weight excluding hydrogens is 1000 g/mol. The molecule has 0 saturated heterocycles. The quantitative estimate of drug-likeness (QED) is 0.147. The number of allylic oxidation sites excluding steroid dienone is 2. The number of ketones is 2. The van der Waals surface area contributed by atoms with Crippen LogP contribution in [0.5, 0.6) is 0 Å². The van der Waals surface area contributed by atoms with Crippen molar-refractivity contribution in [3.63, 3.8) is 0 Å². The fourth-order valence-electron chi connectivity index (χ4n) is 14.9. The topological polar surface area (TPSA) is 146 Å². The lowest BCUT2D eigenvalue weighted by molar-refractivity contribution is -0.130. The van der Waals surface area contributed by atoms with Gasteiger partial charge < -0.3 is 14.2 Å². The number of fused-ring (bicyclic) bond motifs is 10. The summed E-state index contributed by atoms with van der Waals surface area (Å²) >= 11 is 0. The van der Waals surface area contributed by atoms with Crippen LogP contribution in [0.25, 0.3) is 43.9 Å². The van der Waals surface area contributed by atoms with Crippen LogP contribution >= 0.6 is 0 Å². The summed E-state index contributed by atoms with van der Waals surface area (Å²) < 4.78 is 11.4. The predicted octanol–water partition coefficient (Wildman–Crippen LogP) is 15.2. The first kappa shape index (κ1) is 57.8. The van der Waals surface area contributed by atoms with Crippen molar-refractivity contribution in [2.45, 2.75) is 163 Å². The van der Waals surface area contributed by atoms with Crippen molar-refractivity contribution in [2.75, 3.05) is 0 Å². The molecule has 0 aliphatic heterocycles. The van der Waals surface area contributed by atoms with E-state index >= 15 is 0 Å². The molecule has 1 saturated carbocycles. The maximum Gasteiger partial charge on any atom is 0.282 e. The maximum atomic E-state index is 12.7. The third-order valence-electron chi connectivity index (χ3n) is 18.8. The summed E-state index contributed by atoms with van der Waals surface area (Å²) in [5.74, 6) is 4.81. The van der Waals surface area contributed by atoms with Crippen LogP contribution in [0.4, 0.5) is 0 Å². The molecule has 0 N–H and O–H groups in total. The molecule has 81 heavy (non-hydrogen) atoms. The Labute approximate surface area is 481 Å². The summed E-state index contributed by atoms with van der Waals surface area (Å²) in [4.78, 5) is 61.4. The van der Waals surface area contributed by atoms with Crippen LogP contribution in [0.1, 0.15) is 161 Å². The highest BCUT2D eigenvalue weighted by Gasteiger charge is 2.56. The molecular formula is C69H79N9O3. The highest BCUT2D eigenvalue weighted by molar-refractivity contribution is 6.00. The summed E-state index contributed by atoms with van der Waals surface area (Å²) in [5.41, 5.74) is 10.8. The molecule has 418 valence electrons. The van der Waals surface area contributed by atoms with Gasteiger partial charge in [-0.2, -0.15) is 0 Å². The molecule has 3 aromatic carbocycles. The molecule has 13 rings (SSSR count). The number of aryl methyl sites for hydroxylation is 3. The van der Waals surface area contributed by atoms with E-state index in [0.717, 1.165) is 115 Å². The van der Waals surface area contributed by atoms with Crippen LogP contribution in [-0.2, 0) is 51.5 Å². The van der Waals surface area contributed by atoms with E-state index in [1.165, 1.54) is 29.8 Å². The Balaban J connectivity index is 0.000000157. The number of aromatic nitrogens is 7. The van der Waals surface area contributed by atoms with Crippen LogP contribution in [0.2, 0.25) is 0 Å². The summed E-state index contributed by atoms with van der Waals surface area (Å²) in [6.07, 6.45) is 19.8. The number of nitrogens with zero attached hydrogens (tertiary/aromatic N) is 9. The molecule has 7 aromatic rings. The minimum atomic E-state index is -0.540. The molecule has 0 spiro atoms. The molecule has 12 heteroatoms. The molecule has 6 aliphatic rings. The lowest BCUT2D eigenvalue weighted by atomic mass is 9.54. The Morgan fingerprint density at radius 2 is 1.02 bits per heavy atom. The van der Waals surface area contributed by atoms with Crippen molar-refractivity contribution < 1.29 is 15.5 Å². The molecule has 12 nitrogen and oxygen atoms in total. The fourth-order valence-corrected chi connectivity index (χ4v) is 14.9. The van der Waals surface area contributed by atoms with Crippen molar-refractivity contribution in [3.8, 4) is 34.2 Å². The molecule has 0 radical (unpaired) electrons. The van der Waals surface area contributed by atoms with Gasteiger partial charge in [0.2, 0.25) is 11.5 Å². The third-order valence-corrected chi connectivity index (χ3v) is 18.8. The van der Waals surface area contributed by atoms with E-state index < -0.39 is 11.5 Å². The van der Waals surface area contributed by atoms with Gasteiger partial charge in [-0.25, -0.2) is 41.3 Å². The lowest BCUT2D eigenvalue weighted by Gasteiger charge is -2.48. The van der Waals surface area contributed by atoms with Gasteiger partial charge >= 0.3 is 0 Å². The fraction of sp³-hybridized carbons (Fsp3) is 0.435. The Hall–Kier alpha value is -7.83.